The van der Waals surface area contributed by atoms with E-state index in [4.69, 9.17) is 0 Å². The average molecular weight is 253 g/mol. The van der Waals surface area contributed by atoms with Crippen molar-refractivity contribution in [1.82, 2.24) is 15.1 Å². The molecule has 1 atom stereocenters. The van der Waals surface area contributed by atoms with Crippen molar-refractivity contribution in [3.05, 3.63) is 0 Å². The lowest BCUT2D eigenvalue weighted by Crippen LogP contribution is -2.44. The number of nitrogens with one attached hydrogen (secondary N) is 1. The van der Waals surface area contributed by atoms with Gasteiger partial charge in [-0.15, -0.1) is 0 Å². The Morgan fingerprint density at radius 3 is 2.61 bits per heavy atom. The molecule has 2 fully saturated rings. The summed E-state index contributed by atoms with van der Waals surface area (Å²) in [5.74, 6) is 0.238. The Kier molecular flexibility index (Phi) is 5.01. The third kappa shape index (κ3) is 3.69. The summed E-state index contributed by atoms with van der Waals surface area (Å²) < 4.78 is 0. The molecule has 1 aliphatic heterocycles. The van der Waals surface area contributed by atoms with E-state index in [1.807, 2.05) is 11.9 Å². The summed E-state index contributed by atoms with van der Waals surface area (Å²) in [6, 6.07) is 1.14. The number of amides is 1. The maximum Gasteiger partial charge on any atom is 0.236 e. The molecule has 1 amide bonds. The quantitative estimate of drug-likeness (QED) is 0.796. The third-order valence-corrected chi connectivity index (χ3v) is 4.48. The van der Waals surface area contributed by atoms with E-state index in [0.717, 1.165) is 6.54 Å². The van der Waals surface area contributed by atoms with Gasteiger partial charge >= 0.3 is 0 Å². The van der Waals surface area contributed by atoms with E-state index in [1.54, 1.807) is 0 Å². The van der Waals surface area contributed by atoms with Crippen molar-refractivity contribution in [2.45, 2.75) is 50.6 Å². The molecule has 1 N–H and O–H groups in total. The Balaban J connectivity index is 1.67. The molecular formula is C14H27N3O. The SMILES string of the molecule is CN(CC1CCCN1C)C(=O)CNC1CCCC1. The Bertz CT molecular complexity index is 276. The summed E-state index contributed by atoms with van der Waals surface area (Å²) in [6.45, 7) is 2.56. The lowest BCUT2D eigenvalue weighted by atomic mass is 10.2. The number of hydrogen-bond acceptors (Lipinski definition) is 3. The van der Waals surface area contributed by atoms with Crippen LogP contribution < -0.4 is 5.32 Å². The van der Waals surface area contributed by atoms with Gasteiger partial charge in [0.15, 0.2) is 0 Å². The van der Waals surface area contributed by atoms with Gasteiger partial charge in [-0.25, -0.2) is 0 Å². The number of likely N-dealkylation sites (N-methyl/N-ethyl adjacent to an activating group) is 2. The molecule has 2 aliphatic rings. The largest absolute Gasteiger partial charge is 0.343 e. The highest BCUT2D eigenvalue weighted by Gasteiger charge is 2.24. The number of hydrogen-bond donors (Lipinski definition) is 1. The van der Waals surface area contributed by atoms with Crippen LogP contribution in [0.1, 0.15) is 38.5 Å². The standard InChI is InChI=1S/C14H27N3O/c1-16-9-5-8-13(16)11-17(2)14(18)10-15-12-6-3-4-7-12/h12-13,15H,3-11H2,1-2H3. The molecule has 0 aromatic rings. The zero-order valence-corrected chi connectivity index (χ0v) is 11.8. The van der Waals surface area contributed by atoms with Crippen LogP contribution in [0.15, 0.2) is 0 Å². The van der Waals surface area contributed by atoms with Crippen LogP contribution in [0.25, 0.3) is 0 Å². The van der Waals surface area contributed by atoms with E-state index in [2.05, 4.69) is 17.3 Å². The first-order valence-corrected chi connectivity index (χ1v) is 7.34. The summed E-state index contributed by atoms with van der Waals surface area (Å²) in [7, 11) is 4.09. The summed E-state index contributed by atoms with van der Waals surface area (Å²) in [5.41, 5.74) is 0. The second-order valence-corrected chi connectivity index (χ2v) is 5.91. The van der Waals surface area contributed by atoms with Crippen molar-refractivity contribution >= 4 is 5.91 Å². The van der Waals surface area contributed by atoms with Crippen molar-refractivity contribution < 1.29 is 4.79 Å². The van der Waals surface area contributed by atoms with Gasteiger partial charge in [0.2, 0.25) is 5.91 Å². The van der Waals surface area contributed by atoms with Gasteiger partial charge in [-0.3, -0.25) is 4.79 Å². The molecule has 2 rings (SSSR count). The van der Waals surface area contributed by atoms with Crippen LogP contribution in [0.3, 0.4) is 0 Å². The summed E-state index contributed by atoms with van der Waals surface area (Å²) in [4.78, 5) is 16.3. The zero-order chi connectivity index (χ0) is 13.0. The molecule has 4 nitrogen and oxygen atoms in total. The van der Waals surface area contributed by atoms with Crippen LogP contribution in [-0.4, -0.2) is 61.5 Å². The summed E-state index contributed by atoms with van der Waals surface area (Å²) in [6.07, 6.45) is 7.60. The maximum atomic E-state index is 12.0. The predicted molar refractivity (Wildman–Crippen MR) is 73.5 cm³/mol. The summed E-state index contributed by atoms with van der Waals surface area (Å²) in [5, 5.41) is 3.39. The first-order chi connectivity index (χ1) is 8.66. The molecule has 1 heterocycles. The highest BCUT2D eigenvalue weighted by molar-refractivity contribution is 5.78. The fourth-order valence-corrected chi connectivity index (χ4v) is 3.12. The van der Waals surface area contributed by atoms with Crippen LogP contribution in [0, 0.1) is 0 Å². The maximum absolute atomic E-state index is 12.0. The minimum atomic E-state index is 0.238. The fourth-order valence-electron chi connectivity index (χ4n) is 3.12. The lowest BCUT2D eigenvalue weighted by Gasteiger charge is -2.26. The number of likely N-dealkylation sites (tertiary alicyclic amines) is 1. The molecular weight excluding hydrogens is 226 g/mol. The Hall–Kier alpha value is -0.610. The minimum Gasteiger partial charge on any atom is -0.343 e. The highest BCUT2D eigenvalue weighted by Crippen LogP contribution is 2.17. The smallest absolute Gasteiger partial charge is 0.236 e. The molecule has 18 heavy (non-hydrogen) atoms. The van der Waals surface area contributed by atoms with E-state index in [-0.39, 0.29) is 5.91 Å². The lowest BCUT2D eigenvalue weighted by molar-refractivity contribution is -0.129. The number of carbonyl (C=O) groups is 1. The Morgan fingerprint density at radius 2 is 2.00 bits per heavy atom. The number of carbonyl (C=O) groups excluding carboxylic acids is 1. The minimum absolute atomic E-state index is 0.238. The second-order valence-electron chi connectivity index (χ2n) is 5.91. The van der Waals surface area contributed by atoms with Crippen LogP contribution in [-0.2, 0) is 4.79 Å². The van der Waals surface area contributed by atoms with Crippen molar-refractivity contribution in [3.8, 4) is 0 Å². The first-order valence-electron chi connectivity index (χ1n) is 7.34. The molecule has 104 valence electrons. The van der Waals surface area contributed by atoms with Gasteiger partial charge in [0.25, 0.3) is 0 Å². The average Bonchev–Trinajstić information content (AvgIpc) is 2.99. The predicted octanol–water partition coefficient (Wildman–Crippen LogP) is 1.07. The molecule has 0 bridgehead atoms. The van der Waals surface area contributed by atoms with Crippen molar-refractivity contribution in [2.75, 3.05) is 33.7 Å². The van der Waals surface area contributed by atoms with Gasteiger partial charge in [0, 0.05) is 25.7 Å². The third-order valence-electron chi connectivity index (χ3n) is 4.48. The van der Waals surface area contributed by atoms with Crippen LogP contribution in [0.4, 0.5) is 0 Å². The number of rotatable bonds is 5. The molecule has 4 heteroatoms. The van der Waals surface area contributed by atoms with Gasteiger partial charge in [-0.1, -0.05) is 12.8 Å². The second kappa shape index (κ2) is 6.53. The Morgan fingerprint density at radius 1 is 1.28 bits per heavy atom. The normalized spacial score (nSPS) is 25.8. The van der Waals surface area contributed by atoms with Crippen LogP contribution in [0.5, 0.6) is 0 Å². The van der Waals surface area contributed by atoms with Gasteiger partial charge in [-0.2, -0.15) is 0 Å². The fraction of sp³-hybridized carbons (Fsp3) is 0.929. The highest BCUT2D eigenvalue weighted by atomic mass is 16.2. The van der Waals surface area contributed by atoms with Gasteiger partial charge in [-0.05, 0) is 39.3 Å². The monoisotopic (exact) mass is 253 g/mol. The summed E-state index contributed by atoms with van der Waals surface area (Å²) >= 11 is 0. The van der Waals surface area contributed by atoms with E-state index < -0.39 is 0 Å². The van der Waals surface area contributed by atoms with Gasteiger partial charge in [0.1, 0.15) is 0 Å². The molecule has 0 spiro atoms. The van der Waals surface area contributed by atoms with Crippen molar-refractivity contribution in [3.63, 3.8) is 0 Å². The first kappa shape index (κ1) is 13.8. The Labute approximate surface area is 111 Å². The van der Waals surface area contributed by atoms with E-state index in [0.29, 0.717) is 18.6 Å². The molecule has 0 aromatic heterocycles. The topological polar surface area (TPSA) is 35.6 Å². The molecule has 0 aromatic carbocycles. The molecule has 1 saturated carbocycles. The zero-order valence-electron chi connectivity index (χ0n) is 11.8. The number of nitrogens with zero attached hydrogens (tertiary/aromatic N) is 2. The van der Waals surface area contributed by atoms with Crippen molar-refractivity contribution in [1.29, 1.82) is 0 Å². The van der Waals surface area contributed by atoms with Crippen LogP contribution >= 0.6 is 0 Å². The molecule has 1 unspecified atom stereocenters. The van der Waals surface area contributed by atoms with Gasteiger partial charge in [0.05, 0.1) is 6.54 Å². The van der Waals surface area contributed by atoms with E-state index in [9.17, 15) is 4.79 Å². The van der Waals surface area contributed by atoms with Crippen molar-refractivity contribution in [2.24, 2.45) is 0 Å². The van der Waals surface area contributed by atoms with Gasteiger partial charge < -0.3 is 15.1 Å². The van der Waals surface area contributed by atoms with E-state index in [1.165, 1.54) is 45.1 Å². The molecule has 1 saturated heterocycles. The molecule has 0 radical (unpaired) electrons. The van der Waals surface area contributed by atoms with Crippen LogP contribution in [0.2, 0.25) is 0 Å². The molecule has 1 aliphatic carbocycles. The van der Waals surface area contributed by atoms with E-state index >= 15 is 0 Å².